The summed E-state index contributed by atoms with van der Waals surface area (Å²) in [5, 5.41) is 3.62. The third-order valence-corrected chi connectivity index (χ3v) is 3.92. The van der Waals surface area contributed by atoms with Gasteiger partial charge in [0, 0.05) is 22.5 Å². The number of rotatable bonds is 4. The predicted octanol–water partition coefficient (Wildman–Crippen LogP) is 2.49. The molecule has 0 saturated carbocycles. The van der Waals surface area contributed by atoms with Gasteiger partial charge in [0.25, 0.3) is 0 Å². The highest BCUT2D eigenvalue weighted by molar-refractivity contribution is 5.99. The molecule has 1 N–H and O–H groups in total. The molecule has 0 spiro atoms. The molecule has 1 heterocycles. The number of anilines is 2. The fourth-order valence-electron chi connectivity index (χ4n) is 2.73. The number of carbonyl (C=O) groups excluding carboxylic acids is 1. The van der Waals surface area contributed by atoms with Crippen molar-refractivity contribution in [3.8, 4) is 0 Å². The van der Waals surface area contributed by atoms with Crippen LogP contribution in [-0.2, 0) is 10.9 Å². The summed E-state index contributed by atoms with van der Waals surface area (Å²) in [4.78, 5) is 16.4. The number of aromatic nitrogens is 1. The van der Waals surface area contributed by atoms with E-state index in [1.54, 1.807) is 44.2 Å². The van der Waals surface area contributed by atoms with Crippen molar-refractivity contribution < 1.29 is 35.1 Å². The van der Waals surface area contributed by atoms with Crippen molar-refractivity contribution >= 4 is 28.2 Å². The normalized spacial score (nSPS) is 11.0. The maximum atomic E-state index is 12.9. The van der Waals surface area contributed by atoms with Crippen LogP contribution in [0.1, 0.15) is 28.5 Å². The SMILES string of the molecule is CCOC(=O)c1ccc2nc(C)cc(Nc3cccc(C(F)(F)F)c3)c2c1.[Cl-]. The fourth-order valence-corrected chi connectivity index (χ4v) is 2.73. The lowest BCUT2D eigenvalue weighted by Gasteiger charge is -2.14. The molecule has 8 heteroatoms. The van der Waals surface area contributed by atoms with Gasteiger partial charge in [0.15, 0.2) is 0 Å². The number of hydrogen-bond acceptors (Lipinski definition) is 4. The van der Waals surface area contributed by atoms with Gasteiger partial charge >= 0.3 is 12.1 Å². The molecule has 28 heavy (non-hydrogen) atoms. The van der Waals surface area contributed by atoms with Crippen molar-refractivity contribution in [2.24, 2.45) is 0 Å². The summed E-state index contributed by atoms with van der Waals surface area (Å²) in [6.45, 7) is 3.75. The molecular formula is C20H17ClF3N2O2-. The summed E-state index contributed by atoms with van der Waals surface area (Å²) in [6.07, 6.45) is -4.43. The van der Waals surface area contributed by atoms with E-state index in [-0.39, 0.29) is 19.0 Å². The predicted molar refractivity (Wildman–Crippen MR) is 97.2 cm³/mol. The highest BCUT2D eigenvalue weighted by atomic mass is 35.5. The second-order valence-corrected chi connectivity index (χ2v) is 5.97. The minimum Gasteiger partial charge on any atom is -1.00 e. The topological polar surface area (TPSA) is 51.2 Å². The van der Waals surface area contributed by atoms with Gasteiger partial charge in [-0.2, -0.15) is 13.2 Å². The monoisotopic (exact) mass is 409 g/mol. The molecule has 0 unspecified atom stereocenters. The van der Waals surface area contributed by atoms with Crippen molar-refractivity contribution in [2.75, 3.05) is 11.9 Å². The molecule has 0 atom stereocenters. The first-order valence-electron chi connectivity index (χ1n) is 8.30. The third-order valence-electron chi connectivity index (χ3n) is 3.92. The summed E-state index contributed by atoms with van der Waals surface area (Å²) in [6, 6.07) is 11.6. The average Bonchev–Trinajstić information content (AvgIpc) is 2.61. The van der Waals surface area contributed by atoms with E-state index in [1.807, 2.05) is 0 Å². The van der Waals surface area contributed by atoms with E-state index in [9.17, 15) is 18.0 Å². The van der Waals surface area contributed by atoms with Gasteiger partial charge in [0.2, 0.25) is 0 Å². The molecule has 0 amide bonds. The van der Waals surface area contributed by atoms with Gasteiger partial charge in [-0.25, -0.2) is 4.79 Å². The molecule has 0 radical (unpaired) electrons. The average molecular weight is 410 g/mol. The Morgan fingerprint density at radius 1 is 1.14 bits per heavy atom. The van der Waals surface area contributed by atoms with Crippen molar-refractivity contribution in [3.05, 3.63) is 65.4 Å². The summed E-state index contributed by atoms with van der Waals surface area (Å²) in [5.41, 5.74) is 1.77. The molecule has 0 aliphatic rings. The zero-order valence-electron chi connectivity index (χ0n) is 15.1. The zero-order valence-corrected chi connectivity index (χ0v) is 15.9. The summed E-state index contributed by atoms with van der Waals surface area (Å²) < 4.78 is 43.9. The smallest absolute Gasteiger partial charge is 0.416 e. The lowest BCUT2D eigenvalue weighted by Crippen LogP contribution is -3.00. The van der Waals surface area contributed by atoms with Crippen LogP contribution in [0.2, 0.25) is 0 Å². The van der Waals surface area contributed by atoms with E-state index in [4.69, 9.17) is 4.74 Å². The van der Waals surface area contributed by atoms with Gasteiger partial charge in [-0.1, -0.05) is 6.07 Å². The second kappa shape index (κ2) is 8.48. The fraction of sp³-hybridized carbons (Fsp3) is 0.200. The first-order chi connectivity index (χ1) is 12.8. The van der Waals surface area contributed by atoms with Crippen LogP contribution in [0.15, 0.2) is 48.5 Å². The number of ether oxygens (including phenoxy) is 1. The molecule has 3 aromatic rings. The standard InChI is InChI=1S/C20H17F3N2O2.ClH/c1-3-27-19(26)13-7-8-17-16(10-13)18(9-12(2)24-17)25-15-6-4-5-14(11-15)20(21,22)23;/h4-11H,3H2,1-2H3,(H,24,25);1H/p-1. The first-order valence-corrected chi connectivity index (χ1v) is 8.30. The molecule has 0 aliphatic heterocycles. The lowest BCUT2D eigenvalue weighted by atomic mass is 10.1. The maximum Gasteiger partial charge on any atom is 0.416 e. The Labute approximate surface area is 166 Å². The molecule has 0 aliphatic carbocycles. The number of alkyl halides is 3. The quantitative estimate of drug-likeness (QED) is 0.673. The van der Waals surface area contributed by atoms with Crippen LogP contribution < -0.4 is 17.7 Å². The molecule has 0 saturated heterocycles. The molecule has 148 valence electrons. The molecular weight excluding hydrogens is 393 g/mol. The maximum absolute atomic E-state index is 12.9. The number of esters is 1. The first kappa shape index (κ1) is 21.5. The van der Waals surface area contributed by atoms with Crippen molar-refractivity contribution in [1.82, 2.24) is 4.98 Å². The van der Waals surface area contributed by atoms with Crippen LogP contribution in [0.3, 0.4) is 0 Å². The highest BCUT2D eigenvalue weighted by Gasteiger charge is 2.30. The Morgan fingerprint density at radius 2 is 1.89 bits per heavy atom. The van der Waals surface area contributed by atoms with Crippen LogP contribution in [0.5, 0.6) is 0 Å². The van der Waals surface area contributed by atoms with E-state index < -0.39 is 17.7 Å². The number of benzene rings is 2. The van der Waals surface area contributed by atoms with Crippen molar-refractivity contribution in [2.45, 2.75) is 20.0 Å². The third kappa shape index (κ3) is 4.72. The van der Waals surface area contributed by atoms with Gasteiger partial charge < -0.3 is 22.5 Å². The van der Waals surface area contributed by atoms with Gasteiger partial charge in [-0.05, 0) is 56.3 Å². The number of nitrogens with zero attached hydrogens (tertiary/aromatic N) is 1. The number of hydrogen-bond donors (Lipinski definition) is 1. The van der Waals surface area contributed by atoms with E-state index in [0.717, 1.165) is 12.1 Å². The highest BCUT2D eigenvalue weighted by Crippen LogP contribution is 2.33. The number of halogens is 4. The van der Waals surface area contributed by atoms with Gasteiger partial charge in [-0.3, -0.25) is 4.98 Å². The van der Waals surface area contributed by atoms with E-state index >= 15 is 0 Å². The molecule has 3 rings (SSSR count). The van der Waals surface area contributed by atoms with Gasteiger partial charge in [0.1, 0.15) is 0 Å². The van der Waals surface area contributed by atoms with Crippen molar-refractivity contribution in [3.63, 3.8) is 0 Å². The van der Waals surface area contributed by atoms with Crippen LogP contribution in [0, 0.1) is 6.92 Å². The number of carbonyl (C=O) groups is 1. The molecule has 0 fully saturated rings. The van der Waals surface area contributed by atoms with Crippen molar-refractivity contribution in [1.29, 1.82) is 0 Å². The molecule has 2 aromatic carbocycles. The summed E-state index contributed by atoms with van der Waals surface area (Å²) >= 11 is 0. The van der Waals surface area contributed by atoms with E-state index in [2.05, 4.69) is 10.3 Å². The number of nitrogens with one attached hydrogen (secondary N) is 1. The molecule has 4 nitrogen and oxygen atoms in total. The molecule has 0 bridgehead atoms. The number of pyridine rings is 1. The Bertz CT molecular complexity index is 1010. The largest absolute Gasteiger partial charge is 1.00 e. The summed E-state index contributed by atoms with van der Waals surface area (Å²) in [5.74, 6) is -0.468. The Balaban J connectivity index is 0.00000280. The van der Waals surface area contributed by atoms with E-state index in [1.165, 1.54) is 6.07 Å². The Kier molecular flexibility index (Phi) is 6.51. The minimum atomic E-state index is -4.43. The summed E-state index contributed by atoms with van der Waals surface area (Å²) in [7, 11) is 0. The zero-order chi connectivity index (χ0) is 19.6. The van der Waals surface area contributed by atoms with Crippen LogP contribution in [0.25, 0.3) is 10.9 Å². The second-order valence-electron chi connectivity index (χ2n) is 5.97. The minimum absolute atomic E-state index is 0. The van der Waals surface area contributed by atoms with E-state index in [0.29, 0.717) is 33.5 Å². The molecule has 1 aromatic heterocycles. The Hall–Kier alpha value is -2.80. The van der Waals surface area contributed by atoms with Crippen LogP contribution >= 0.6 is 0 Å². The lowest BCUT2D eigenvalue weighted by molar-refractivity contribution is -0.137. The van der Waals surface area contributed by atoms with Gasteiger partial charge in [0.05, 0.1) is 23.3 Å². The van der Waals surface area contributed by atoms with Gasteiger partial charge in [-0.15, -0.1) is 0 Å². The number of aryl methyl sites for hydroxylation is 1. The number of fused-ring (bicyclic) bond motifs is 1. The van der Waals surface area contributed by atoms with Crippen LogP contribution in [0.4, 0.5) is 24.5 Å². The van der Waals surface area contributed by atoms with Crippen LogP contribution in [-0.4, -0.2) is 17.6 Å². The Morgan fingerprint density at radius 3 is 2.57 bits per heavy atom.